The molecule has 70 valence electrons. The van der Waals surface area contributed by atoms with Gasteiger partial charge in [-0.25, -0.2) is 0 Å². The first-order valence-corrected chi connectivity index (χ1v) is 3.51. The Morgan fingerprint density at radius 3 is 1.33 bits per heavy atom. The van der Waals surface area contributed by atoms with Gasteiger partial charge in [0.15, 0.2) is 0 Å². The summed E-state index contributed by atoms with van der Waals surface area (Å²) in [5.41, 5.74) is 20.6. The lowest BCUT2D eigenvalue weighted by Crippen LogP contribution is -2.45. The van der Waals surface area contributed by atoms with Crippen molar-refractivity contribution < 1.29 is 9.59 Å². The summed E-state index contributed by atoms with van der Waals surface area (Å²) in [5.74, 6) is -1.08. The molecule has 0 heterocycles. The first kappa shape index (κ1) is 10.9. The van der Waals surface area contributed by atoms with E-state index < -0.39 is 23.9 Å². The molecule has 8 N–H and O–H groups in total. The average molecular weight is 174 g/mol. The summed E-state index contributed by atoms with van der Waals surface area (Å²) in [6.45, 7) is 0. The lowest BCUT2D eigenvalue weighted by atomic mass is 10.0. The summed E-state index contributed by atoms with van der Waals surface area (Å²) < 4.78 is 0. The predicted octanol–water partition coefficient (Wildman–Crippen LogP) is -2.61. The molecule has 0 saturated carbocycles. The molecule has 0 rings (SSSR count). The van der Waals surface area contributed by atoms with Gasteiger partial charge in [0.2, 0.25) is 11.8 Å². The largest absolute Gasteiger partial charge is 0.370 e. The molecule has 0 aromatic carbocycles. The SMILES string of the molecule is NC(=O)CC(N)C(N)CC(N)=O. The molecule has 0 aromatic rings. The van der Waals surface area contributed by atoms with Crippen molar-refractivity contribution in [2.45, 2.75) is 24.9 Å². The van der Waals surface area contributed by atoms with E-state index in [9.17, 15) is 9.59 Å². The third-order valence-corrected chi connectivity index (χ3v) is 1.42. The van der Waals surface area contributed by atoms with E-state index >= 15 is 0 Å². The van der Waals surface area contributed by atoms with Crippen LogP contribution < -0.4 is 22.9 Å². The highest BCUT2D eigenvalue weighted by atomic mass is 16.1. The van der Waals surface area contributed by atoms with Crippen molar-refractivity contribution in [2.75, 3.05) is 0 Å². The second-order valence-electron chi connectivity index (χ2n) is 2.67. The molecule has 0 aliphatic rings. The highest BCUT2D eigenvalue weighted by molar-refractivity contribution is 5.76. The maximum Gasteiger partial charge on any atom is 0.219 e. The van der Waals surface area contributed by atoms with Crippen LogP contribution in [0.1, 0.15) is 12.8 Å². The monoisotopic (exact) mass is 174 g/mol. The van der Waals surface area contributed by atoms with Gasteiger partial charge in [0, 0.05) is 24.9 Å². The molecule has 0 fully saturated rings. The second kappa shape index (κ2) is 4.68. The van der Waals surface area contributed by atoms with Crippen LogP contribution in [0.25, 0.3) is 0 Å². The smallest absolute Gasteiger partial charge is 0.219 e. The predicted molar refractivity (Wildman–Crippen MR) is 43.6 cm³/mol. The summed E-state index contributed by atoms with van der Waals surface area (Å²) in [6.07, 6.45) is -0.0666. The van der Waals surface area contributed by atoms with E-state index in [1.807, 2.05) is 0 Å². The Kier molecular flexibility index (Phi) is 4.24. The Hall–Kier alpha value is -1.14. The minimum absolute atomic E-state index is 0.0333. The van der Waals surface area contributed by atoms with Gasteiger partial charge in [-0.05, 0) is 0 Å². The Morgan fingerprint density at radius 1 is 0.917 bits per heavy atom. The topological polar surface area (TPSA) is 138 Å². The average Bonchev–Trinajstić information content (AvgIpc) is 1.84. The van der Waals surface area contributed by atoms with E-state index in [1.54, 1.807) is 0 Å². The number of rotatable bonds is 5. The first-order valence-electron chi connectivity index (χ1n) is 3.51. The van der Waals surface area contributed by atoms with E-state index in [0.29, 0.717) is 0 Å². The van der Waals surface area contributed by atoms with Crippen LogP contribution in [-0.2, 0) is 9.59 Å². The molecule has 0 saturated heterocycles. The van der Waals surface area contributed by atoms with Crippen LogP contribution >= 0.6 is 0 Å². The lowest BCUT2D eigenvalue weighted by Gasteiger charge is -2.16. The second-order valence-corrected chi connectivity index (χ2v) is 2.67. The zero-order chi connectivity index (χ0) is 9.72. The van der Waals surface area contributed by atoms with Gasteiger partial charge < -0.3 is 22.9 Å². The van der Waals surface area contributed by atoms with Gasteiger partial charge in [0.05, 0.1) is 0 Å². The summed E-state index contributed by atoms with van der Waals surface area (Å²) in [7, 11) is 0. The maximum absolute atomic E-state index is 10.4. The van der Waals surface area contributed by atoms with Crippen molar-refractivity contribution in [3.63, 3.8) is 0 Å². The van der Waals surface area contributed by atoms with Gasteiger partial charge >= 0.3 is 0 Å². The molecular weight excluding hydrogens is 160 g/mol. The van der Waals surface area contributed by atoms with Crippen molar-refractivity contribution in [2.24, 2.45) is 22.9 Å². The minimum Gasteiger partial charge on any atom is -0.370 e. The fourth-order valence-electron chi connectivity index (χ4n) is 0.767. The van der Waals surface area contributed by atoms with Crippen LogP contribution in [0.4, 0.5) is 0 Å². The Labute approximate surface area is 70.2 Å². The number of amides is 2. The normalized spacial score (nSPS) is 15.2. The minimum atomic E-state index is -0.602. The van der Waals surface area contributed by atoms with E-state index in [4.69, 9.17) is 22.9 Å². The van der Waals surface area contributed by atoms with Crippen molar-refractivity contribution in [1.82, 2.24) is 0 Å². The summed E-state index contributed by atoms with van der Waals surface area (Å²) in [5, 5.41) is 0. The zero-order valence-corrected chi connectivity index (χ0v) is 6.69. The number of carbonyl (C=O) groups is 2. The van der Waals surface area contributed by atoms with Gasteiger partial charge in [-0.1, -0.05) is 0 Å². The number of hydrogen-bond acceptors (Lipinski definition) is 4. The number of carbonyl (C=O) groups excluding carboxylic acids is 2. The number of hydrogen-bond donors (Lipinski definition) is 4. The highest BCUT2D eigenvalue weighted by Gasteiger charge is 2.17. The van der Waals surface area contributed by atoms with Crippen molar-refractivity contribution in [3.05, 3.63) is 0 Å². The molecule has 2 unspecified atom stereocenters. The molecule has 2 atom stereocenters. The zero-order valence-electron chi connectivity index (χ0n) is 6.69. The number of primary amides is 2. The molecule has 12 heavy (non-hydrogen) atoms. The van der Waals surface area contributed by atoms with E-state index in [-0.39, 0.29) is 12.8 Å². The third kappa shape index (κ3) is 4.64. The molecule has 0 aromatic heterocycles. The Balaban J connectivity index is 3.83. The van der Waals surface area contributed by atoms with Crippen molar-refractivity contribution in [1.29, 1.82) is 0 Å². The van der Waals surface area contributed by atoms with Gasteiger partial charge in [-0.15, -0.1) is 0 Å². The van der Waals surface area contributed by atoms with Gasteiger partial charge in [-0.3, -0.25) is 9.59 Å². The van der Waals surface area contributed by atoms with Gasteiger partial charge in [-0.2, -0.15) is 0 Å². The summed E-state index contributed by atoms with van der Waals surface area (Å²) in [6, 6.07) is -1.20. The van der Waals surface area contributed by atoms with Crippen LogP contribution in [0.5, 0.6) is 0 Å². The quantitative estimate of drug-likeness (QED) is 0.362. The van der Waals surface area contributed by atoms with Crippen LogP contribution in [0.15, 0.2) is 0 Å². The molecule has 6 nitrogen and oxygen atoms in total. The maximum atomic E-state index is 10.4. The molecule has 0 radical (unpaired) electrons. The van der Waals surface area contributed by atoms with E-state index in [0.717, 1.165) is 0 Å². The number of nitrogens with two attached hydrogens (primary N) is 4. The fraction of sp³-hybridized carbons (Fsp3) is 0.667. The highest BCUT2D eigenvalue weighted by Crippen LogP contribution is 1.96. The van der Waals surface area contributed by atoms with Crippen LogP contribution in [0, 0.1) is 0 Å². The standard InChI is InChI=1S/C6H14N4O2/c7-3(1-5(9)11)4(8)2-6(10)12/h3-4H,1-2,7-8H2,(H2,9,11)(H2,10,12). The van der Waals surface area contributed by atoms with Crippen LogP contribution in [0.2, 0.25) is 0 Å². The molecular formula is C6H14N4O2. The van der Waals surface area contributed by atoms with Crippen LogP contribution in [-0.4, -0.2) is 23.9 Å². The molecule has 2 amide bonds. The third-order valence-electron chi connectivity index (χ3n) is 1.42. The van der Waals surface area contributed by atoms with E-state index in [2.05, 4.69) is 0 Å². The molecule has 0 aliphatic heterocycles. The summed E-state index contributed by atoms with van der Waals surface area (Å²) in [4.78, 5) is 20.7. The molecule has 0 aliphatic carbocycles. The molecule has 0 bridgehead atoms. The Morgan fingerprint density at radius 2 is 1.17 bits per heavy atom. The van der Waals surface area contributed by atoms with Gasteiger partial charge in [0.1, 0.15) is 0 Å². The summed E-state index contributed by atoms with van der Waals surface area (Å²) >= 11 is 0. The van der Waals surface area contributed by atoms with Crippen molar-refractivity contribution in [3.8, 4) is 0 Å². The van der Waals surface area contributed by atoms with E-state index in [1.165, 1.54) is 0 Å². The first-order chi connectivity index (χ1) is 5.43. The van der Waals surface area contributed by atoms with Crippen LogP contribution in [0.3, 0.4) is 0 Å². The Bertz CT molecular complexity index is 162. The molecule has 6 heteroatoms. The van der Waals surface area contributed by atoms with Gasteiger partial charge in [0.25, 0.3) is 0 Å². The fourth-order valence-corrected chi connectivity index (χ4v) is 0.767. The molecule has 0 spiro atoms. The lowest BCUT2D eigenvalue weighted by molar-refractivity contribution is -0.120. The van der Waals surface area contributed by atoms with Crippen molar-refractivity contribution >= 4 is 11.8 Å².